The highest BCUT2D eigenvalue weighted by Gasteiger charge is 2.30. The molecule has 6 nitrogen and oxygen atoms in total. The zero-order valence-electron chi connectivity index (χ0n) is 9.28. The number of nitrogens with one attached hydrogen (secondary N) is 2. The Labute approximate surface area is 99.0 Å². The van der Waals surface area contributed by atoms with Crippen molar-refractivity contribution in [3.8, 4) is 0 Å². The third-order valence-corrected chi connectivity index (χ3v) is 2.81. The molecule has 1 aromatic rings. The Kier molecular flexibility index (Phi) is 3.94. The Morgan fingerprint density at radius 2 is 2.38 bits per heavy atom. The summed E-state index contributed by atoms with van der Waals surface area (Å²) in [6.07, 6.45) is 2.02. The fourth-order valence-electron chi connectivity index (χ4n) is 0.979. The summed E-state index contributed by atoms with van der Waals surface area (Å²) in [5.41, 5.74) is 4.66. The molecule has 1 rings (SSSR count). The van der Waals surface area contributed by atoms with Crippen LogP contribution in [0.15, 0.2) is 6.33 Å². The summed E-state index contributed by atoms with van der Waals surface area (Å²) in [6.45, 7) is 3.86. The van der Waals surface area contributed by atoms with Crippen molar-refractivity contribution in [3.63, 3.8) is 0 Å². The van der Waals surface area contributed by atoms with E-state index in [1.807, 2.05) is 0 Å². The fourth-order valence-corrected chi connectivity index (χ4v) is 1.07. The van der Waals surface area contributed by atoms with E-state index in [0.717, 1.165) is 5.82 Å². The first-order chi connectivity index (χ1) is 7.44. The SMILES string of the molecule is CC(C)(C(=O)NCCc1ncn[nH]1)C(N)=S. The number of rotatable bonds is 5. The number of carbonyl (C=O) groups is 1. The van der Waals surface area contributed by atoms with Crippen LogP contribution in [0.25, 0.3) is 0 Å². The Morgan fingerprint density at radius 3 is 2.88 bits per heavy atom. The lowest BCUT2D eigenvalue weighted by Crippen LogP contribution is -2.45. The van der Waals surface area contributed by atoms with Crippen LogP contribution in [0.4, 0.5) is 0 Å². The minimum Gasteiger partial charge on any atom is -0.392 e. The van der Waals surface area contributed by atoms with E-state index >= 15 is 0 Å². The van der Waals surface area contributed by atoms with Crippen LogP contribution in [0.3, 0.4) is 0 Å². The van der Waals surface area contributed by atoms with E-state index in [1.54, 1.807) is 13.8 Å². The Balaban J connectivity index is 2.39. The quantitative estimate of drug-likeness (QED) is 0.619. The number of thiocarbonyl (C=S) groups is 1. The monoisotopic (exact) mass is 241 g/mol. The third kappa shape index (κ3) is 2.99. The average Bonchev–Trinajstić information content (AvgIpc) is 2.70. The number of hydrogen-bond acceptors (Lipinski definition) is 4. The standard InChI is InChI=1S/C9H15N5OS/c1-9(2,7(10)16)8(15)11-4-3-6-12-5-13-14-6/h5H,3-4H2,1-2H3,(H2,10,16)(H,11,15)(H,12,13,14). The Hall–Kier alpha value is -1.50. The molecule has 1 amide bonds. The van der Waals surface area contributed by atoms with E-state index < -0.39 is 5.41 Å². The van der Waals surface area contributed by atoms with E-state index in [4.69, 9.17) is 18.0 Å². The van der Waals surface area contributed by atoms with Gasteiger partial charge in [-0.1, -0.05) is 12.2 Å². The summed E-state index contributed by atoms with van der Waals surface area (Å²) in [6, 6.07) is 0. The highest BCUT2D eigenvalue weighted by molar-refractivity contribution is 7.80. The number of amides is 1. The van der Waals surface area contributed by atoms with Crippen molar-refractivity contribution < 1.29 is 4.79 Å². The van der Waals surface area contributed by atoms with Crippen LogP contribution < -0.4 is 11.1 Å². The Bertz CT molecular complexity index is 373. The van der Waals surface area contributed by atoms with Gasteiger partial charge in [0.25, 0.3) is 0 Å². The van der Waals surface area contributed by atoms with Crippen molar-refractivity contribution in [2.75, 3.05) is 6.54 Å². The molecular formula is C9H15N5OS. The average molecular weight is 241 g/mol. The molecule has 0 unspecified atom stereocenters. The van der Waals surface area contributed by atoms with Gasteiger partial charge in [-0.05, 0) is 13.8 Å². The summed E-state index contributed by atoms with van der Waals surface area (Å²) in [5, 5.41) is 9.17. The van der Waals surface area contributed by atoms with Crippen LogP contribution in [0.5, 0.6) is 0 Å². The van der Waals surface area contributed by atoms with Gasteiger partial charge in [0.05, 0.1) is 10.4 Å². The van der Waals surface area contributed by atoms with Crippen molar-refractivity contribution in [1.29, 1.82) is 0 Å². The van der Waals surface area contributed by atoms with E-state index in [1.165, 1.54) is 6.33 Å². The number of hydrogen-bond donors (Lipinski definition) is 3. The van der Waals surface area contributed by atoms with Crippen LogP contribution >= 0.6 is 12.2 Å². The summed E-state index contributed by atoms with van der Waals surface area (Å²) < 4.78 is 0. The molecule has 1 aromatic heterocycles. The molecule has 0 radical (unpaired) electrons. The summed E-state index contributed by atoms with van der Waals surface area (Å²) in [7, 11) is 0. The normalized spacial score (nSPS) is 11.1. The number of aromatic amines is 1. The molecule has 0 bridgehead atoms. The lowest BCUT2D eigenvalue weighted by Gasteiger charge is -2.21. The van der Waals surface area contributed by atoms with Gasteiger partial charge < -0.3 is 11.1 Å². The summed E-state index contributed by atoms with van der Waals surface area (Å²) >= 11 is 4.83. The Morgan fingerprint density at radius 1 is 1.69 bits per heavy atom. The summed E-state index contributed by atoms with van der Waals surface area (Å²) in [5.74, 6) is 0.549. The maximum Gasteiger partial charge on any atom is 0.232 e. The predicted octanol–water partition coefficient (Wildman–Crippen LogP) is -0.224. The first-order valence-corrected chi connectivity index (χ1v) is 5.28. The van der Waals surface area contributed by atoms with Crippen LogP contribution in [0.2, 0.25) is 0 Å². The molecule has 0 aliphatic carbocycles. The van der Waals surface area contributed by atoms with Gasteiger partial charge in [-0.2, -0.15) is 5.10 Å². The molecule has 0 aliphatic heterocycles. The van der Waals surface area contributed by atoms with E-state index in [2.05, 4.69) is 20.5 Å². The van der Waals surface area contributed by atoms with Gasteiger partial charge >= 0.3 is 0 Å². The van der Waals surface area contributed by atoms with E-state index in [9.17, 15) is 4.79 Å². The van der Waals surface area contributed by atoms with Gasteiger partial charge in [0.15, 0.2) is 0 Å². The largest absolute Gasteiger partial charge is 0.392 e. The van der Waals surface area contributed by atoms with Gasteiger partial charge in [-0.15, -0.1) is 0 Å². The molecule has 0 spiro atoms. The van der Waals surface area contributed by atoms with Crippen LogP contribution in [-0.4, -0.2) is 32.6 Å². The molecule has 0 fully saturated rings. The molecule has 0 aromatic carbocycles. The molecule has 4 N–H and O–H groups in total. The minimum atomic E-state index is -0.823. The van der Waals surface area contributed by atoms with Gasteiger partial charge in [-0.3, -0.25) is 9.89 Å². The molecule has 1 heterocycles. The van der Waals surface area contributed by atoms with Crippen molar-refractivity contribution >= 4 is 23.1 Å². The predicted molar refractivity (Wildman–Crippen MR) is 63.7 cm³/mol. The maximum absolute atomic E-state index is 11.7. The van der Waals surface area contributed by atoms with Crippen molar-refractivity contribution in [2.24, 2.45) is 11.1 Å². The molecule has 16 heavy (non-hydrogen) atoms. The zero-order valence-corrected chi connectivity index (χ0v) is 10.1. The lowest BCUT2D eigenvalue weighted by molar-refractivity contribution is -0.126. The highest BCUT2D eigenvalue weighted by Crippen LogP contribution is 2.14. The van der Waals surface area contributed by atoms with Gasteiger partial charge in [0.2, 0.25) is 5.91 Å². The fraction of sp³-hybridized carbons (Fsp3) is 0.556. The van der Waals surface area contributed by atoms with Crippen molar-refractivity contribution in [3.05, 3.63) is 12.2 Å². The van der Waals surface area contributed by atoms with E-state index in [-0.39, 0.29) is 10.9 Å². The molecule has 0 atom stereocenters. The van der Waals surface area contributed by atoms with Gasteiger partial charge in [0.1, 0.15) is 12.2 Å². The zero-order chi connectivity index (χ0) is 12.2. The van der Waals surface area contributed by atoms with Gasteiger partial charge in [0, 0.05) is 13.0 Å². The smallest absolute Gasteiger partial charge is 0.232 e. The third-order valence-electron chi connectivity index (χ3n) is 2.30. The highest BCUT2D eigenvalue weighted by atomic mass is 32.1. The number of carbonyl (C=O) groups excluding carboxylic acids is 1. The molecule has 0 aliphatic rings. The first-order valence-electron chi connectivity index (χ1n) is 4.87. The topological polar surface area (TPSA) is 96.7 Å². The maximum atomic E-state index is 11.7. The second-order valence-electron chi connectivity index (χ2n) is 3.93. The van der Waals surface area contributed by atoms with Crippen molar-refractivity contribution in [2.45, 2.75) is 20.3 Å². The first kappa shape index (κ1) is 12.6. The van der Waals surface area contributed by atoms with Gasteiger partial charge in [-0.25, -0.2) is 4.98 Å². The van der Waals surface area contributed by atoms with Crippen molar-refractivity contribution in [1.82, 2.24) is 20.5 Å². The second kappa shape index (κ2) is 5.02. The lowest BCUT2D eigenvalue weighted by atomic mass is 9.92. The second-order valence-corrected chi connectivity index (χ2v) is 4.37. The number of H-pyrrole nitrogens is 1. The van der Waals surface area contributed by atoms with Crippen LogP contribution in [0, 0.1) is 5.41 Å². The summed E-state index contributed by atoms with van der Waals surface area (Å²) in [4.78, 5) is 15.8. The van der Waals surface area contributed by atoms with Crippen LogP contribution in [0.1, 0.15) is 19.7 Å². The number of nitrogens with two attached hydrogens (primary N) is 1. The molecule has 88 valence electrons. The molecule has 0 saturated heterocycles. The number of nitrogens with zero attached hydrogens (tertiary/aromatic N) is 2. The molecular weight excluding hydrogens is 226 g/mol. The van der Waals surface area contributed by atoms with Crippen LogP contribution in [-0.2, 0) is 11.2 Å². The molecule has 0 saturated carbocycles. The van der Waals surface area contributed by atoms with E-state index in [0.29, 0.717) is 13.0 Å². The molecule has 7 heteroatoms. The number of aromatic nitrogens is 3. The minimum absolute atomic E-state index is 0.181.